The molecule has 0 radical (unpaired) electrons. The van der Waals surface area contributed by atoms with Gasteiger partial charge in [-0.15, -0.1) is 0 Å². The molecule has 0 atom stereocenters. The highest BCUT2D eigenvalue weighted by Crippen LogP contribution is 2.20. The first-order chi connectivity index (χ1) is 9.65. The van der Waals surface area contributed by atoms with E-state index in [0.717, 1.165) is 11.1 Å². The summed E-state index contributed by atoms with van der Waals surface area (Å²) >= 11 is 0. The highest BCUT2D eigenvalue weighted by molar-refractivity contribution is 5.91. The summed E-state index contributed by atoms with van der Waals surface area (Å²) in [6.45, 7) is 0. The average Bonchev–Trinajstić information content (AvgIpc) is 2.53. The standard InChI is InChI=1S/C14H12N2O4/c15-19-13(17)11-5-1-9(2-6-11)10-3-7-12(8-4-10)14(18)20-16/h1-8H,15-16H2. The number of rotatable bonds is 3. The summed E-state index contributed by atoms with van der Waals surface area (Å²) in [6.07, 6.45) is 0. The molecule has 0 spiro atoms. The Kier molecular flexibility index (Phi) is 4.09. The lowest BCUT2D eigenvalue weighted by Gasteiger charge is -2.04. The van der Waals surface area contributed by atoms with Gasteiger partial charge in [-0.25, -0.2) is 9.59 Å². The van der Waals surface area contributed by atoms with E-state index < -0.39 is 11.9 Å². The molecule has 2 aromatic carbocycles. The van der Waals surface area contributed by atoms with Crippen LogP contribution in [0.25, 0.3) is 11.1 Å². The molecule has 2 aromatic rings. The third-order valence-corrected chi connectivity index (χ3v) is 2.79. The first-order valence-corrected chi connectivity index (χ1v) is 5.68. The van der Waals surface area contributed by atoms with Gasteiger partial charge >= 0.3 is 11.9 Å². The molecule has 0 amide bonds. The van der Waals surface area contributed by atoms with E-state index in [1.165, 1.54) is 0 Å². The second-order valence-corrected chi connectivity index (χ2v) is 3.97. The van der Waals surface area contributed by atoms with Gasteiger partial charge in [0.05, 0.1) is 11.1 Å². The molecule has 4 N–H and O–H groups in total. The van der Waals surface area contributed by atoms with Gasteiger partial charge in [0, 0.05) is 0 Å². The monoisotopic (exact) mass is 272 g/mol. The number of benzene rings is 2. The van der Waals surface area contributed by atoms with Crippen LogP contribution in [0.1, 0.15) is 20.7 Å². The second-order valence-electron chi connectivity index (χ2n) is 3.97. The maximum atomic E-state index is 11.2. The van der Waals surface area contributed by atoms with Crippen LogP contribution >= 0.6 is 0 Å². The van der Waals surface area contributed by atoms with E-state index in [1.807, 2.05) is 0 Å². The Hall–Kier alpha value is -2.70. The van der Waals surface area contributed by atoms with Crippen LogP contribution in [0, 0.1) is 0 Å². The molecule has 0 fully saturated rings. The summed E-state index contributed by atoms with van der Waals surface area (Å²) in [5.74, 6) is 8.42. The zero-order chi connectivity index (χ0) is 14.5. The maximum Gasteiger partial charge on any atom is 0.356 e. The van der Waals surface area contributed by atoms with Gasteiger partial charge in [-0.2, -0.15) is 11.8 Å². The van der Waals surface area contributed by atoms with Crippen molar-refractivity contribution in [3.63, 3.8) is 0 Å². The van der Waals surface area contributed by atoms with Gasteiger partial charge in [-0.3, -0.25) is 0 Å². The number of nitrogens with two attached hydrogens (primary N) is 2. The summed E-state index contributed by atoms with van der Waals surface area (Å²) in [4.78, 5) is 30.7. The highest BCUT2D eigenvalue weighted by atomic mass is 16.7. The van der Waals surface area contributed by atoms with Crippen molar-refractivity contribution in [2.24, 2.45) is 11.8 Å². The van der Waals surface area contributed by atoms with Crippen molar-refractivity contribution in [2.75, 3.05) is 0 Å². The third-order valence-electron chi connectivity index (χ3n) is 2.79. The van der Waals surface area contributed by atoms with Crippen LogP contribution in [0.4, 0.5) is 0 Å². The van der Waals surface area contributed by atoms with Crippen LogP contribution in [0.15, 0.2) is 48.5 Å². The van der Waals surface area contributed by atoms with Crippen molar-refractivity contribution >= 4 is 11.9 Å². The van der Waals surface area contributed by atoms with Crippen molar-refractivity contribution < 1.29 is 19.3 Å². The molecular weight excluding hydrogens is 260 g/mol. The van der Waals surface area contributed by atoms with Crippen LogP contribution in [-0.4, -0.2) is 11.9 Å². The minimum Gasteiger partial charge on any atom is -0.370 e. The van der Waals surface area contributed by atoms with Gasteiger partial charge in [-0.1, -0.05) is 24.3 Å². The number of carbonyl (C=O) groups is 2. The molecule has 0 bridgehead atoms. The molecular formula is C14H12N2O4. The van der Waals surface area contributed by atoms with E-state index in [0.29, 0.717) is 11.1 Å². The quantitative estimate of drug-likeness (QED) is 0.818. The fraction of sp³-hybridized carbons (Fsp3) is 0. The molecule has 0 heterocycles. The zero-order valence-electron chi connectivity index (χ0n) is 10.4. The summed E-state index contributed by atoms with van der Waals surface area (Å²) in [6, 6.07) is 13.4. The highest BCUT2D eigenvalue weighted by Gasteiger charge is 2.08. The smallest absolute Gasteiger partial charge is 0.356 e. The van der Waals surface area contributed by atoms with Crippen molar-refractivity contribution in [1.82, 2.24) is 0 Å². The molecule has 6 heteroatoms. The van der Waals surface area contributed by atoms with Crippen LogP contribution in [0.5, 0.6) is 0 Å². The number of hydrogen-bond donors (Lipinski definition) is 2. The SMILES string of the molecule is NOC(=O)c1ccc(-c2ccc(C(=O)ON)cc2)cc1. The summed E-state index contributed by atoms with van der Waals surface area (Å²) in [5.41, 5.74) is 2.48. The molecule has 6 nitrogen and oxygen atoms in total. The summed E-state index contributed by atoms with van der Waals surface area (Å²) in [5, 5.41) is 0. The molecule has 0 aliphatic rings. The first-order valence-electron chi connectivity index (χ1n) is 5.68. The van der Waals surface area contributed by atoms with Crippen molar-refractivity contribution in [3.05, 3.63) is 59.7 Å². The van der Waals surface area contributed by atoms with Crippen molar-refractivity contribution in [1.29, 1.82) is 0 Å². The lowest BCUT2D eigenvalue weighted by atomic mass is 10.0. The molecule has 2 rings (SSSR count). The Morgan fingerprint density at radius 1 is 0.650 bits per heavy atom. The fourth-order valence-corrected chi connectivity index (χ4v) is 1.73. The first kappa shape index (κ1) is 13.7. The van der Waals surface area contributed by atoms with E-state index in [-0.39, 0.29) is 0 Å². The van der Waals surface area contributed by atoms with Gasteiger partial charge < -0.3 is 9.68 Å². The number of hydrogen-bond acceptors (Lipinski definition) is 6. The molecule has 20 heavy (non-hydrogen) atoms. The Morgan fingerprint density at radius 2 is 0.950 bits per heavy atom. The fourth-order valence-electron chi connectivity index (χ4n) is 1.73. The van der Waals surface area contributed by atoms with Crippen LogP contribution in [0.2, 0.25) is 0 Å². The van der Waals surface area contributed by atoms with Gasteiger partial charge in [0.25, 0.3) is 0 Å². The molecule has 102 valence electrons. The van der Waals surface area contributed by atoms with E-state index in [1.54, 1.807) is 48.5 Å². The van der Waals surface area contributed by atoms with Crippen LogP contribution < -0.4 is 11.8 Å². The minimum atomic E-state index is -0.599. The third kappa shape index (κ3) is 2.82. The van der Waals surface area contributed by atoms with Gasteiger partial charge in [0.2, 0.25) is 0 Å². The molecule has 0 aliphatic carbocycles. The molecule has 0 unspecified atom stereocenters. The predicted molar refractivity (Wildman–Crippen MR) is 71.1 cm³/mol. The average molecular weight is 272 g/mol. The maximum absolute atomic E-state index is 11.2. The molecule has 0 aliphatic heterocycles. The van der Waals surface area contributed by atoms with Crippen molar-refractivity contribution in [2.45, 2.75) is 0 Å². The summed E-state index contributed by atoms with van der Waals surface area (Å²) in [7, 11) is 0. The Balaban J connectivity index is 2.23. The minimum absolute atomic E-state index is 0.361. The van der Waals surface area contributed by atoms with Gasteiger partial charge in [0.1, 0.15) is 0 Å². The molecule has 0 aromatic heterocycles. The van der Waals surface area contributed by atoms with Crippen LogP contribution in [0.3, 0.4) is 0 Å². The van der Waals surface area contributed by atoms with Crippen LogP contribution in [-0.2, 0) is 9.68 Å². The topological polar surface area (TPSA) is 105 Å². The predicted octanol–water partition coefficient (Wildman–Crippen LogP) is 1.41. The molecule has 0 saturated heterocycles. The van der Waals surface area contributed by atoms with E-state index in [4.69, 9.17) is 11.8 Å². The van der Waals surface area contributed by atoms with E-state index in [2.05, 4.69) is 9.68 Å². The van der Waals surface area contributed by atoms with Gasteiger partial charge in [-0.05, 0) is 35.4 Å². The number of carbonyl (C=O) groups excluding carboxylic acids is 2. The van der Waals surface area contributed by atoms with E-state index >= 15 is 0 Å². The zero-order valence-corrected chi connectivity index (χ0v) is 10.4. The lowest BCUT2D eigenvalue weighted by molar-refractivity contribution is 0.0495. The van der Waals surface area contributed by atoms with Crippen molar-refractivity contribution in [3.8, 4) is 11.1 Å². The Bertz CT molecular complexity index is 563. The normalized spacial score (nSPS) is 9.90. The largest absolute Gasteiger partial charge is 0.370 e. The lowest BCUT2D eigenvalue weighted by Crippen LogP contribution is -2.10. The Labute approximate surface area is 114 Å². The molecule has 0 saturated carbocycles. The second kappa shape index (κ2) is 5.96. The van der Waals surface area contributed by atoms with E-state index in [9.17, 15) is 9.59 Å². The summed E-state index contributed by atoms with van der Waals surface area (Å²) < 4.78 is 0. The Morgan fingerprint density at radius 3 is 1.20 bits per heavy atom. The van der Waals surface area contributed by atoms with Gasteiger partial charge in [0.15, 0.2) is 0 Å².